The van der Waals surface area contributed by atoms with Crippen molar-refractivity contribution < 1.29 is 39.0 Å². The molecule has 2 aromatic carbocycles. The molecule has 0 bridgehead atoms. The van der Waals surface area contributed by atoms with Crippen LogP contribution in [0.15, 0.2) is 54.7 Å². The van der Waals surface area contributed by atoms with E-state index in [4.69, 9.17) is 17.2 Å². The average molecular weight is 798 g/mol. The quantitative estimate of drug-likeness (QED) is 0.0435. The van der Waals surface area contributed by atoms with E-state index in [1.165, 1.54) is 19.1 Å². The second-order valence-electron chi connectivity index (χ2n) is 14.1. The first-order valence-electron chi connectivity index (χ1n) is 18.4. The summed E-state index contributed by atoms with van der Waals surface area (Å²) in [5.41, 5.74) is 19.5. The summed E-state index contributed by atoms with van der Waals surface area (Å²) < 4.78 is 0. The molecular formula is C38H55N9O8S. The van der Waals surface area contributed by atoms with E-state index in [1.807, 2.05) is 24.3 Å². The molecule has 0 saturated carbocycles. The van der Waals surface area contributed by atoms with Gasteiger partial charge in [0.2, 0.25) is 35.4 Å². The number of aromatic nitrogens is 1. The molecule has 18 heteroatoms. The fraction of sp³-hybridized carbons (Fsp3) is 0.474. The van der Waals surface area contributed by atoms with Crippen molar-refractivity contribution in [3.8, 4) is 5.75 Å². The molecule has 0 aliphatic carbocycles. The number of para-hydroxylation sites is 1. The number of nitrogens with one attached hydrogen (secondary N) is 6. The Morgan fingerprint density at radius 2 is 1.34 bits per heavy atom. The van der Waals surface area contributed by atoms with Crippen molar-refractivity contribution in [2.24, 2.45) is 23.1 Å². The normalized spacial score (nSPS) is 15.1. The molecule has 7 atom stereocenters. The van der Waals surface area contributed by atoms with E-state index in [9.17, 15) is 39.0 Å². The molecule has 56 heavy (non-hydrogen) atoms. The number of thiol groups is 1. The van der Waals surface area contributed by atoms with Crippen LogP contribution in [0.3, 0.4) is 0 Å². The number of aliphatic hydroxyl groups is 1. The summed E-state index contributed by atoms with van der Waals surface area (Å²) in [5, 5.41) is 33.4. The van der Waals surface area contributed by atoms with Gasteiger partial charge in [-0.1, -0.05) is 44.2 Å². The zero-order valence-corrected chi connectivity index (χ0v) is 32.7. The number of benzene rings is 2. The van der Waals surface area contributed by atoms with E-state index >= 15 is 0 Å². The minimum atomic E-state index is -1.42. The van der Waals surface area contributed by atoms with Crippen LogP contribution in [0.2, 0.25) is 0 Å². The molecule has 0 radical (unpaired) electrons. The lowest BCUT2D eigenvalue weighted by Crippen LogP contribution is -2.61. The lowest BCUT2D eigenvalue weighted by atomic mass is 10.00. The number of phenols is 1. The molecule has 0 spiro atoms. The number of amides is 6. The molecule has 0 saturated heterocycles. The Morgan fingerprint density at radius 3 is 1.95 bits per heavy atom. The van der Waals surface area contributed by atoms with Gasteiger partial charge in [-0.25, -0.2) is 0 Å². The Morgan fingerprint density at radius 1 is 0.750 bits per heavy atom. The van der Waals surface area contributed by atoms with E-state index in [0.717, 1.165) is 16.5 Å². The molecule has 3 rings (SSSR count). The van der Waals surface area contributed by atoms with E-state index in [1.54, 1.807) is 32.2 Å². The average Bonchev–Trinajstić information content (AvgIpc) is 3.56. The Labute approximate surface area is 331 Å². The van der Waals surface area contributed by atoms with Gasteiger partial charge in [-0.05, 0) is 74.4 Å². The van der Waals surface area contributed by atoms with Crippen LogP contribution in [0.1, 0.15) is 51.2 Å². The third-order valence-electron chi connectivity index (χ3n) is 9.19. The van der Waals surface area contributed by atoms with Gasteiger partial charge < -0.3 is 59.0 Å². The van der Waals surface area contributed by atoms with Crippen LogP contribution < -0.4 is 43.8 Å². The van der Waals surface area contributed by atoms with Crippen LogP contribution in [-0.4, -0.2) is 105 Å². The van der Waals surface area contributed by atoms with Crippen molar-refractivity contribution in [2.75, 3.05) is 12.3 Å². The number of carbonyl (C=O) groups is 6. The number of aromatic hydroxyl groups is 1. The van der Waals surface area contributed by atoms with Gasteiger partial charge in [0.1, 0.15) is 36.0 Å². The fourth-order valence-electron chi connectivity index (χ4n) is 5.95. The van der Waals surface area contributed by atoms with E-state index < -0.39 is 83.7 Å². The van der Waals surface area contributed by atoms with Crippen LogP contribution in [0.4, 0.5) is 0 Å². The molecule has 0 aliphatic rings. The fourth-order valence-corrected chi connectivity index (χ4v) is 6.21. The highest BCUT2D eigenvalue weighted by Crippen LogP contribution is 2.20. The van der Waals surface area contributed by atoms with E-state index in [0.29, 0.717) is 24.9 Å². The van der Waals surface area contributed by atoms with Gasteiger partial charge in [-0.3, -0.25) is 28.8 Å². The topological polar surface area (TPSA) is 297 Å². The molecule has 0 aliphatic heterocycles. The molecule has 1 heterocycles. The predicted molar refractivity (Wildman–Crippen MR) is 214 cm³/mol. The lowest BCUT2D eigenvalue weighted by molar-refractivity contribution is -0.135. The minimum Gasteiger partial charge on any atom is -0.508 e. The van der Waals surface area contributed by atoms with Gasteiger partial charge in [0.15, 0.2) is 0 Å². The number of H-pyrrole nitrogens is 1. The highest BCUT2D eigenvalue weighted by molar-refractivity contribution is 7.80. The maximum Gasteiger partial charge on any atom is 0.244 e. The zero-order valence-electron chi connectivity index (χ0n) is 31.8. The first-order valence-corrected chi connectivity index (χ1v) is 19.1. The molecule has 6 amide bonds. The maximum absolute atomic E-state index is 14.1. The van der Waals surface area contributed by atoms with Crippen LogP contribution in [0.5, 0.6) is 5.75 Å². The van der Waals surface area contributed by atoms with Crippen molar-refractivity contribution in [3.63, 3.8) is 0 Å². The lowest BCUT2D eigenvalue weighted by Gasteiger charge is -2.28. The van der Waals surface area contributed by atoms with Gasteiger partial charge in [0, 0.05) is 29.3 Å². The number of phenolic OH excluding ortho intramolecular Hbond substituents is 1. The molecule has 14 N–H and O–H groups in total. The summed E-state index contributed by atoms with van der Waals surface area (Å²) >= 11 is 4.15. The number of hydrogen-bond donors (Lipinski definition) is 12. The van der Waals surface area contributed by atoms with Crippen molar-refractivity contribution in [2.45, 2.75) is 95.2 Å². The smallest absolute Gasteiger partial charge is 0.244 e. The van der Waals surface area contributed by atoms with Gasteiger partial charge in [-0.2, -0.15) is 12.6 Å². The van der Waals surface area contributed by atoms with E-state index in [2.05, 4.69) is 44.2 Å². The van der Waals surface area contributed by atoms with Crippen molar-refractivity contribution >= 4 is 59.0 Å². The Hall–Kier alpha value is -5.17. The summed E-state index contributed by atoms with van der Waals surface area (Å²) in [6.07, 6.45) is 1.72. The van der Waals surface area contributed by atoms with Crippen LogP contribution in [0, 0.1) is 5.92 Å². The number of rotatable bonds is 22. The number of fused-ring (bicyclic) bond motifs is 1. The Balaban J connectivity index is 1.83. The van der Waals surface area contributed by atoms with Gasteiger partial charge in [0.05, 0.1) is 12.1 Å². The molecular weight excluding hydrogens is 743 g/mol. The van der Waals surface area contributed by atoms with Gasteiger partial charge >= 0.3 is 0 Å². The molecule has 1 aromatic heterocycles. The number of aliphatic hydroxyl groups excluding tert-OH is 1. The van der Waals surface area contributed by atoms with Crippen LogP contribution >= 0.6 is 12.6 Å². The molecule has 3 aromatic rings. The summed E-state index contributed by atoms with van der Waals surface area (Å²) in [5.74, 6) is -5.16. The predicted octanol–water partition coefficient (Wildman–Crippen LogP) is -1.01. The van der Waals surface area contributed by atoms with Crippen molar-refractivity contribution in [1.82, 2.24) is 31.6 Å². The standard InChI is InChI=1S/C38H55N9O8S/c1-20(2)31(38(55)45-30(19-56)37(54)47-32(21(3)48)33(41)50)46-35(52)28(10-6-7-15-39)43-36(53)29(17-23-18-42-27-9-5-4-8-25(23)27)44-34(51)26(40)16-22-11-13-24(49)14-12-22/h4-5,8-9,11-14,18,20-21,26,28-32,42,48-49,56H,6-7,10,15-17,19,39-40H2,1-3H3,(H2,41,50)(H,43,53)(H,44,51)(H,45,55)(H,46,52)(H,47,54)/t21-,26+,28+,29-,30+,31+,32+/m1/s1. The molecule has 17 nitrogen and oxygen atoms in total. The molecule has 0 unspecified atom stereocenters. The monoisotopic (exact) mass is 797 g/mol. The number of aromatic amines is 1. The summed E-state index contributed by atoms with van der Waals surface area (Å²) in [6, 6.07) is 6.42. The number of hydrogen-bond acceptors (Lipinski definition) is 11. The molecule has 0 fully saturated rings. The largest absolute Gasteiger partial charge is 0.508 e. The number of carbonyl (C=O) groups excluding carboxylic acids is 6. The van der Waals surface area contributed by atoms with Crippen LogP contribution in [0.25, 0.3) is 10.9 Å². The summed E-state index contributed by atoms with van der Waals surface area (Å²) in [7, 11) is 0. The first kappa shape index (κ1) is 45.2. The van der Waals surface area contributed by atoms with Crippen LogP contribution in [-0.2, 0) is 41.6 Å². The van der Waals surface area contributed by atoms with E-state index in [-0.39, 0.29) is 30.8 Å². The second-order valence-corrected chi connectivity index (χ2v) is 14.4. The maximum atomic E-state index is 14.1. The highest BCUT2D eigenvalue weighted by Gasteiger charge is 2.34. The third kappa shape index (κ3) is 13.2. The third-order valence-corrected chi connectivity index (χ3v) is 9.55. The van der Waals surface area contributed by atoms with Crippen molar-refractivity contribution in [3.05, 3.63) is 65.9 Å². The summed E-state index contributed by atoms with van der Waals surface area (Å²) in [6.45, 7) is 4.94. The molecule has 306 valence electrons. The zero-order chi connectivity index (χ0) is 41.5. The Bertz CT molecular complexity index is 1800. The summed E-state index contributed by atoms with van der Waals surface area (Å²) in [4.78, 5) is 82.8. The first-order chi connectivity index (χ1) is 26.6. The Kier molecular flexibility index (Phi) is 17.6. The highest BCUT2D eigenvalue weighted by atomic mass is 32.1. The SMILES string of the molecule is CC(C)[C@H](NC(=O)[C@H](CCCCN)NC(=O)[C@@H](Cc1c[nH]c2ccccc12)NC(=O)[C@@H](N)Cc1ccc(O)cc1)C(=O)N[C@@H](CS)C(=O)N[C@H](C(N)=O)[C@@H](C)O. The number of unbranched alkanes of at least 4 members (excludes halogenated alkanes) is 1. The van der Waals surface area contributed by atoms with Gasteiger partial charge in [0.25, 0.3) is 0 Å². The van der Waals surface area contributed by atoms with Gasteiger partial charge in [-0.15, -0.1) is 0 Å². The number of nitrogens with two attached hydrogens (primary N) is 3. The number of primary amides is 1. The van der Waals surface area contributed by atoms with Crippen molar-refractivity contribution in [1.29, 1.82) is 0 Å². The second kappa shape index (κ2) is 21.8. The minimum absolute atomic E-state index is 0.0422.